The molecule has 24 heavy (non-hydrogen) atoms. The summed E-state index contributed by atoms with van der Waals surface area (Å²) in [5, 5.41) is 1.10. The van der Waals surface area contributed by atoms with E-state index in [9.17, 15) is 0 Å². The van der Waals surface area contributed by atoms with E-state index in [1.807, 2.05) is 30.3 Å². The number of hydrogen-bond donors (Lipinski definition) is 1. The maximum atomic E-state index is 5.82. The van der Waals surface area contributed by atoms with E-state index in [0.29, 0.717) is 5.95 Å². The van der Waals surface area contributed by atoms with E-state index in [-0.39, 0.29) is 0 Å². The second-order valence-corrected chi connectivity index (χ2v) is 5.72. The third kappa shape index (κ3) is 2.44. The molecular weight excluding hydrogens is 298 g/mol. The second-order valence-electron chi connectivity index (χ2n) is 5.72. The number of fused-ring (bicyclic) bond motifs is 2. The number of aryl methyl sites for hydroxylation is 1. The highest BCUT2D eigenvalue weighted by molar-refractivity contribution is 5.93. The van der Waals surface area contributed by atoms with Crippen molar-refractivity contribution in [2.24, 2.45) is 0 Å². The Balaban J connectivity index is 1.97. The maximum absolute atomic E-state index is 5.82. The number of hydrogen-bond acceptors (Lipinski definition) is 5. The standard InChI is InChI=1S/C19H17N5/c1-2-5-15-18-16(24-19(20)23-15)10-9-14(22-18)13-8-3-6-12-7-4-11-21-17(12)13/h3-4,6-11H,2,5H2,1H3,(H2,20,23,24). The van der Waals surface area contributed by atoms with E-state index in [1.165, 1.54) is 0 Å². The SMILES string of the molecule is CCCc1nc(N)nc2ccc(-c3cccc4cccnc34)nc12. The van der Waals surface area contributed by atoms with Crippen molar-refractivity contribution in [3.63, 3.8) is 0 Å². The zero-order valence-electron chi connectivity index (χ0n) is 13.4. The largest absolute Gasteiger partial charge is 0.368 e. The molecule has 0 bridgehead atoms. The molecule has 1 aromatic carbocycles. The number of nitrogens with two attached hydrogens (primary N) is 1. The predicted molar refractivity (Wildman–Crippen MR) is 96.5 cm³/mol. The Bertz CT molecular complexity index is 1040. The Labute approximate surface area is 139 Å². The van der Waals surface area contributed by atoms with Gasteiger partial charge in [-0.05, 0) is 24.6 Å². The number of nitrogen functional groups attached to an aromatic ring is 1. The lowest BCUT2D eigenvalue weighted by atomic mass is 10.1. The summed E-state index contributed by atoms with van der Waals surface area (Å²) in [5.41, 5.74) is 11.1. The molecule has 3 heterocycles. The minimum absolute atomic E-state index is 0.298. The molecule has 0 radical (unpaired) electrons. The highest BCUT2D eigenvalue weighted by Gasteiger charge is 2.11. The van der Waals surface area contributed by atoms with Crippen LogP contribution in [0.2, 0.25) is 0 Å². The van der Waals surface area contributed by atoms with Crippen LogP contribution in [0.15, 0.2) is 48.7 Å². The van der Waals surface area contributed by atoms with Crippen LogP contribution in [0.1, 0.15) is 19.0 Å². The molecule has 0 saturated heterocycles. The van der Waals surface area contributed by atoms with E-state index in [0.717, 1.165) is 51.7 Å². The quantitative estimate of drug-likeness (QED) is 0.622. The van der Waals surface area contributed by atoms with Gasteiger partial charge in [-0.25, -0.2) is 15.0 Å². The van der Waals surface area contributed by atoms with Gasteiger partial charge in [0.15, 0.2) is 0 Å². The number of pyridine rings is 2. The van der Waals surface area contributed by atoms with Crippen molar-refractivity contribution in [1.29, 1.82) is 0 Å². The minimum atomic E-state index is 0.298. The third-order valence-corrected chi connectivity index (χ3v) is 4.03. The average molecular weight is 315 g/mol. The lowest BCUT2D eigenvalue weighted by Crippen LogP contribution is -2.02. The lowest BCUT2D eigenvalue weighted by molar-refractivity contribution is 0.885. The van der Waals surface area contributed by atoms with Crippen LogP contribution in [0, 0.1) is 0 Å². The van der Waals surface area contributed by atoms with Crippen LogP contribution in [0.4, 0.5) is 5.95 Å². The van der Waals surface area contributed by atoms with Crippen molar-refractivity contribution in [2.75, 3.05) is 5.73 Å². The molecule has 0 aliphatic heterocycles. The van der Waals surface area contributed by atoms with Crippen molar-refractivity contribution >= 4 is 27.9 Å². The Morgan fingerprint density at radius 1 is 0.917 bits per heavy atom. The summed E-state index contributed by atoms with van der Waals surface area (Å²) in [6.45, 7) is 2.11. The van der Waals surface area contributed by atoms with Gasteiger partial charge in [-0.2, -0.15) is 0 Å². The molecule has 0 amide bonds. The maximum Gasteiger partial charge on any atom is 0.220 e. The van der Waals surface area contributed by atoms with Crippen LogP contribution in [-0.4, -0.2) is 19.9 Å². The number of anilines is 1. The normalized spacial score (nSPS) is 11.2. The number of para-hydroxylation sites is 1. The Hall–Kier alpha value is -3.08. The molecule has 0 atom stereocenters. The summed E-state index contributed by atoms with van der Waals surface area (Å²) >= 11 is 0. The summed E-state index contributed by atoms with van der Waals surface area (Å²) in [5.74, 6) is 0.298. The molecular formula is C19H17N5. The molecule has 0 aliphatic rings. The third-order valence-electron chi connectivity index (χ3n) is 4.03. The van der Waals surface area contributed by atoms with Gasteiger partial charge >= 0.3 is 0 Å². The zero-order valence-corrected chi connectivity index (χ0v) is 13.4. The van der Waals surface area contributed by atoms with E-state index < -0.39 is 0 Å². The van der Waals surface area contributed by atoms with Gasteiger partial charge in [-0.3, -0.25) is 4.98 Å². The van der Waals surface area contributed by atoms with Crippen LogP contribution in [0.25, 0.3) is 33.2 Å². The molecule has 4 aromatic rings. The smallest absolute Gasteiger partial charge is 0.220 e. The first-order chi connectivity index (χ1) is 11.8. The Morgan fingerprint density at radius 2 is 1.79 bits per heavy atom. The zero-order chi connectivity index (χ0) is 16.5. The van der Waals surface area contributed by atoms with Crippen molar-refractivity contribution in [1.82, 2.24) is 19.9 Å². The number of rotatable bonds is 3. The predicted octanol–water partition coefficient (Wildman–Crippen LogP) is 3.77. The first-order valence-corrected chi connectivity index (χ1v) is 8.03. The second kappa shape index (κ2) is 5.85. The Morgan fingerprint density at radius 3 is 2.67 bits per heavy atom. The van der Waals surface area contributed by atoms with Gasteiger partial charge in [-0.15, -0.1) is 0 Å². The van der Waals surface area contributed by atoms with Crippen LogP contribution in [-0.2, 0) is 6.42 Å². The van der Waals surface area contributed by atoms with Crippen LogP contribution in [0.5, 0.6) is 0 Å². The first kappa shape index (κ1) is 14.5. The van der Waals surface area contributed by atoms with E-state index in [4.69, 9.17) is 10.7 Å². The number of benzene rings is 1. The van der Waals surface area contributed by atoms with E-state index in [2.05, 4.69) is 34.0 Å². The number of nitrogens with zero attached hydrogens (tertiary/aromatic N) is 4. The fraction of sp³-hybridized carbons (Fsp3) is 0.158. The molecule has 3 aromatic heterocycles. The molecule has 0 spiro atoms. The van der Waals surface area contributed by atoms with Gasteiger partial charge in [-0.1, -0.05) is 37.6 Å². The molecule has 5 nitrogen and oxygen atoms in total. The molecule has 118 valence electrons. The minimum Gasteiger partial charge on any atom is -0.368 e. The summed E-state index contributed by atoms with van der Waals surface area (Å²) in [6, 6.07) is 14.0. The van der Waals surface area contributed by atoms with Gasteiger partial charge < -0.3 is 5.73 Å². The topological polar surface area (TPSA) is 77.6 Å². The average Bonchev–Trinajstić information content (AvgIpc) is 2.61. The molecule has 4 rings (SSSR count). The van der Waals surface area contributed by atoms with Crippen molar-refractivity contribution in [3.8, 4) is 11.3 Å². The van der Waals surface area contributed by atoms with Gasteiger partial charge in [0.05, 0.1) is 22.4 Å². The summed E-state index contributed by atoms with van der Waals surface area (Å²) in [4.78, 5) is 18.0. The molecule has 0 unspecified atom stereocenters. The van der Waals surface area contributed by atoms with Gasteiger partial charge in [0.25, 0.3) is 0 Å². The monoisotopic (exact) mass is 315 g/mol. The summed E-state index contributed by atoms with van der Waals surface area (Å²) in [7, 11) is 0. The van der Waals surface area contributed by atoms with Crippen molar-refractivity contribution in [2.45, 2.75) is 19.8 Å². The number of aromatic nitrogens is 4. The van der Waals surface area contributed by atoms with Crippen LogP contribution >= 0.6 is 0 Å². The molecule has 0 aliphatic carbocycles. The van der Waals surface area contributed by atoms with Gasteiger partial charge in [0.1, 0.15) is 5.52 Å². The van der Waals surface area contributed by atoms with Crippen LogP contribution in [0.3, 0.4) is 0 Å². The Kier molecular flexibility index (Phi) is 3.54. The summed E-state index contributed by atoms with van der Waals surface area (Å²) < 4.78 is 0. The van der Waals surface area contributed by atoms with E-state index in [1.54, 1.807) is 6.20 Å². The fourth-order valence-electron chi connectivity index (χ4n) is 2.97. The lowest BCUT2D eigenvalue weighted by Gasteiger charge is -2.09. The van der Waals surface area contributed by atoms with Crippen molar-refractivity contribution in [3.05, 3.63) is 54.4 Å². The summed E-state index contributed by atoms with van der Waals surface area (Å²) in [6.07, 6.45) is 3.61. The van der Waals surface area contributed by atoms with Crippen LogP contribution < -0.4 is 5.73 Å². The molecule has 0 saturated carbocycles. The highest BCUT2D eigenvalue weighted by Crippen LogP contribution is 2.27. The van der Waals surface area contributed by atoms with Gasteiger partial charge in [0, 0.05) is 17.1 Å². The molecule has 2 N–H and O–H groups in total. The van der Waals surface area contributed by atoms with Crippen molar-refractivity contribution < 1.29 is 0 Å². The molecule has 5 heteroatoms. The van der Waals surface area contributed by atoms with Gasteiger partial charge in [0.2, 0.25) is 5.95 Å². The first-order valence-electron chi connectivity index (χ1n) is 8.03. The fourth-order valence-corrected chi connectivity index (χ4v) is 2.97. The van der Waals surface area contributed by atoms with E-state index >= 15 is 0 Å². The molecule has 0 fully saturated rings. The highest BCUT2D eigenvalue weighted by atomic mass is 15.0.